The van der Waals surface area contributed by atoms with E-state index in [0.717, 1.165) is 18.4 Å². The van der Waals surface area contributed by atoms with Gasteiger partial charge in [-0.2, -0.15) is 0 Å². The van der Waals surface area contributed by atoms with Crippen LogP contribution in [-0.2, 0) is 4.74 Å². The van der Waals surface area contributed by atoms with E-state index in [-0.39, 0.29) is 0 Å². The molecule has 106 valence electrons. The fraction of sp³-hybridized carbons (Fsp3) is 1.00. The summed E-state index contributed by atoms with van der Waals surface area (Å²) in [6.07, 6.45) is 11.2. The number of nitrogens with one attached hydrogen (secondary N) is 1. The second-order valence-corrected chi connectivity index (χ2v) is 6.96. The van der Waals surface area contributed by atoms with E-state index < -0.39 is 0 Å². The Bertz CT molecular complexity index is 245. The van der Waals surface area contributed by atoms with Crippen LogP contribution in [0.1, 0.15) is 65.2 Å². The summed E-state index contributed by atoms with van der Waals surface area (Å²) in [6.45, 7) is 5.80. The summed E-state index contributed by atoms with van der Waals surface area (Å²) in [4.78, 5) is 0. The molecular weight excluding hydrogens is 222 g/mol. The van der Waals surface area contributed by atoms with Gasteiger partial charge in [0, 0.05) is 0 Å². The Labute approximate surface area is 113 Å². The van der Waals surface area contributed by atoms with Gasteiger partial charge in [0.05, 0.1) is 11.7 Å². The average Bonchev–Trinajstić information content (AvgIpc) is 2.90. The predicted octanol–water partition coefficient (Wildman–Crippen LogP) is 3.75. The molecule has 0 bridgehead atoms. The zero-order chi connectivity index (χ0) is 13.0. The summed E-state index contributed by atoms with van der Waals surface area (Å²) in [7, 11) is 2.07. The van der Waals surface area contributed by atoms with Crippen LogP contribution in [-0.4, -0.2) is 25.3 Å². The fourth-order valence-electron chi connectivity index (χ4n) is 4.04. The Morgan fingerprint density at radius 1 is 1.22 bits per heavy atom. The van der Waals surface area contributed by atoms with Crippen LogP contribution < -0.4 is 5.32 Å². The van der Waals surface area contributed by atoms with Gasteiger partial charge in [-0.1, -0.05) is 26.7 Å². The lowest BCUT2D eigenvalue weighted by Gasteiger charge is -2.26. The van der Waals surface area contributed by atoms with Crippen molar-refractivity contribution in [2.45, 2.75) is 76.9 Å². The Balaban J connectivity index is 1.80. The van der Waals surface area contributed by atoms with Gasteiger partial charge in [0.25, 0.3) is 0 Å². The molecule has 1 saturated carbocycles. The first-order chi connectivity index (χ1) is 8.63. The minimum absolute atomic E-state index is 0.312. The molecule has 2 fully saturated rings. The molecule has 0 aromatic carbocycles. The zero-order valence-corrected chi connectivity index (χ0v) is 12.5. The van der Waals surface area contributed by atoms with Crippen LogP contribution in [0.15, 0.2) is 0 Å². The van der Waals surface area contributed by atoms with E-state index in [4.69, 9.17) is 4.74 Å². The van der Waals surface area contributed by atoms with E-state index in [0.29, 0.717) is 11.7 Å². The lowest BCUT2D eigenvalue weighted by molar-refractivity contribution is -0.0448. The van der Waals surface area contributed by atoms with E-state index in [1.807, 2.05) is 0 Å². The maximum atomic E-state index is 6.44. The molecule has 0 aromatic heterocycles. The maximum absolute atomic E-state index is 6.44. The normalized spacial score (nSPS) is 28.3. The van der Waals surface area contributed by atoms with Gasteiger partial charge in [0.1, 0.15) is 0 Å². The first-order valence-electron chi connectivity index (χ1n) is 7.96. The van der Waals surface area contributed by atoms with Gasteiger partial charge < -0.3 is 10.1 Å². The second-order valence-electron chi connectivity index (χ2n) is 6.96. The van der Waals surface area contributed by atoms with Crippen LogP contribution in [0.4, 0.5) is 0 Å². The Morgan fingerprint density at radius 3 is 2.56 bits per heavy atom. The van der Waals surface area contributed by atoms with Crippen molar-refractivity contribution in [3.05, 3.63) is 0 Å². The van der Waals surface area contributed by atoms with Crippen molar-refractivity contribution >= 4 is 0 Å². The highest BCUT2D eigenvalue weighted by molar-refractivity contribution is 4.93. The molecule has 1 N–H and O–H groups in total. The number of rotatable bonds is 6. The van der Waals surface area contributed by atoms with E-state index in [1.54, 1.807) is 0 Å². The van der Waals surface area contributed by atoms with Crippen molar-refractivity contribution in [2.24, 2.45) is 11.8 Å². The van der Waals surface area contributed by atoms with Crippen LogP contribution in [0, 0.1) is 11.8 Å². The fourth-order valence-corrected chi connectivity index (χ4v) is 4.04. The third-order valence-electron chi connectivity index (χ3n) is 4.75. The highest BCUT2D eigenvalue weighted by Crippen LogP contribution is 2.44. The standard InChI is InChI=1S/C16H31NO/c1-13(2)10-14(12-17-3)11-15-6-9-16(18-15)7-4-5-8-16/h13-15,17H,4-12H2,1-3H3. The quantitative estimate of drug-likeness (QED) is 0.778. The number of hydrogen-bond acceptors (Lipinski definition) is 2. The van der Waals surface area contributed by atoms with Crippen LogP contribution in [0.2, 0.25) is 0 Å². The molecule has 2 nitrogen and oxygen atoms in total. The molecule has 0 amide bonds. The van der Waals surface area contributed by atoms with Gasteiger partial charge in [-0.25, -0.2) is 0 Å². The largest absolute Gasteiger partial charge is 0.372 e. The van der Waals surface area contributed by atoms with E-state index in [2.05, 4.69) is 26.2 Å². The minimum atomic E-state index is 0.312. The monoisotopic (exact) mass is 253 g/mol. The molecular formula is C16H31NO. The molecule has 2 heteroatoms. The van der Waals surface area contributed by atoms with Crippen LogP contribution in [0.5, 0.6) is 0 Å². The lowest BCUT2D eigenvalue weighted by Crippen LogP contribution is -2.28. The molecule has 1 aliphatic carbocycles. The molecule has 2 aliphatic rings. The van der Waals surface area contributed by atoms with E-state index in [1.165, 1.54) is 51.4 Å². The predicted molar refractivity (Wildman–Crippen MR) is 76.8 cm³/mol. The molecule has 2 rings (SSSR count). The molecule has 0 aromatic rings. The second kappa shape index (κ2) is 6.38. The molecule has 1 heterocycles. The SMILES string of the molecule is CNCC(CC(C)C)CC1CCC2(CCCC2)O1. The summed E-state index contributed by atoms with van der Waals surface area (Å²) in [5.74, 6) is 1.58. The minimum Gasteiger partial charge on any atom is -0.372 e. The third kappa shape index (κ3) is 3.71. The summed E-state index contributed by atoms with van der Waals surface area (Å²) < 4.78 is 6.44. The van der Waals surface area contributed by atoms with E-state index >= 15 is 0 Å². The number of hydrogen-bond donors (Lipinski definition) is 1. The van der Waals surface area contributed by atoms with Gasteiger partial charge in [-0.15, -0.1) is 0 Å². The van der Waals surface area contributed by atoms with Crippen molar-refractivity contribution in [3.8, 4) is 0 Å². The molecule has 1 aliphatic heterocycles. The van der Waals surface area contributed by atoms with Gasteiger partial charge in [-0.3, -0.25) is 0 Å². The molecule has 2 unspecified atom stereocenters. The highest BCUT2D eigenvalue weighted by Gasteiger charge is 2.42. The Hall–Kier alpha value is -0.0800. The van der Waals surface area contributed by atoms with Crippen molar-refractivity contribution in [1.82, 2.24) is 5.32 Å². The van der Waals surface area contributed by atoms with Crippen molar-refractivity contribution < 1.29 is 4.74 Å². The first-order valence-corrected chi connectivity index (χ1v) is 7.96. The lowest BCUT2D eigenvalue weighted by atomic mass is 9.90. The third-order valence-corrected chi connectivity index (χ3v) is 4.75. The Kier molecular flexibility index (Phi) is 5.08. The van der Waals surface area contributed by atoms with Crippen LogP contribution in [0.25, 0.3) is 0 Å². The van der Waals surface area contributed by atoms with Crippen LogP contribution >= 0.6 is 0 Å². The molecule has 1 saturated heterocycles. The van der Waals surface area contributed by atoms with Crippen LogP contribution in [0.3, 0.4) is 0 Å². The van der Waals surface area contributed by atoms with Crippen molar-refractivity contribution in [2.75, 3.05) is 13.6 Å². The van der Waals surface area contributed by atoms with Gasteiger partial charge in [0.15, 0.2) is 0 Å². The summed E-state index contributed by atoms with van der Waals surface area (Å²) >= 11 is 0. The molecule has 0 radical (unpaired) electrons. The van der Waals surface area contributed by atoms with Crippen molar-refractivity contribution in [3.63, 3.8) is 0 Å². The van der Waals surface area contributed by atoms with Gasteiger partial charge >= 0.3 is 0 Å². The molecule has 1 spiro atoms. The summed E-state index contributed by atoms with van der Waals surface area (Å²) in [6, 6.07) is 0. The topological polar surface area (TPSA) is 21.3 Å². The van der Waals surface area contributed by atoms with Gasteiger partial charge in [-0.05, 0) is 64.0 Å². The smallest absolute Gasteiger partial charge is 0.0687 e. The molecule has 2 atom stereocenters. The summed E-state index contributed by atoms with van der Waals surface area (Å²) in [5, 5.41) is 3.35. The molecule has 18 heavy (non-hydrogen) atoms. The first kappa shape index (κ1) is 14.3. The Morgan fingerprint density at radius 2 is 1.94 bits per heavy atom. The zero-order valence-electron chi connectivity index (χ0n) is 12.5. The maximum Gasteiger partial charge on any atom is 0.0687 e. The van der Waals surface area contributed by atoms with E-state index in [9.17, 15) is 0 Å². The average molecular weight is 253 g/mol. The van der Waals surface area contributed by atoms with Gasteiger partial charge in [0.2, 0.25) is 0 Å². The van der Waals surface area contributed by atoms with Crippen molar-refractivity contribution in [1.29, 1.82) is 0 Å². The highest BCUT2D eigenvalue weighted by atomic mass is 16.5. The number of ether oxygens (including phenoxy) is 1. The summed E-state index contributed by atoms with van der Waals surface area (Å²) in [5.41, 5.74) is 0.312.